The summed E-state index contributed by atoms with van der Waals surface area (Å²) in [7, 11) is 0. The molecule has 0 saturated heterocycles. The highest BCUT2D eigenvalue weighted by atomic mass is 16.5. The van der Waals surface area contributed by atoms with E-state index in [1.807, 2.05) is 45.0 Å². The Balaban J connectivity index is 2.38. The highest BCUT2D eigenvalue weighted by Gasteiger charge is 2.09. The van der Waals surface area contributed by atoms with E-state index in [1.165, 1.54) is 0 Å². The fourth-order valence-corrected chi connectivity index (χ4v) is 1.64. The van der Waals surface area contributed by atoms with Crippen LogP contribution in [0.3, 0.4) is 0 Å². The van der Waals surface area contributed by atoms with Crippen LogP contribution in [0.1, 0.15) is 29.9 Å². The van der Waals surface area contributed by atoms with E-state index >= 15 is 0 Å². The van der Waals surface area contributed by atoms with Crippen molar-refractivity contribution in [2.45, 2.75) is 26.9 Å². The molecule has 0 fully saturated rings. The Bertz CT molecular complexity index is 561. The van der Waals surface area contributed by atoms with Gasteiger partial charge in [-0.25, -0.2) is 4.79 Å². The van der Waals surface area contributed by atoms with Gasteiger partial charge in [-0.15, -0.1) is 0 Å². The van der Waals surface area contributed by atoms with Gasteiger partial charge in [-0.1, -0.05) is 6.07 Å². The second-order valence-corrected chi connectivity index (χ2v) is 4.31. The number of pyridine rings is 1. The number of nitrogens with zero attached hydrogens (tertiary/aromatic N) is 1. The van der Waals surface area contributed by atoms with Gasteiger partial charge in [0.2, 0.25) is 0 Å². The van der Waals surface area contributed by atoms with E-state index in [2.05, 4.69) is 4.98 Å². The van der Waals surface area contributed by atoms with Crippen LogP contribution >= 0.6 is 0 Å². The molecule has 2 rings (SSSR count). The van der Waals surface area contributed by atoms with E-state index in [-0.39, 0.29) is 12.1 Å². The molecule has 1 heterocycles. The van der Waals surface area contributed by atoms with Crippen LogP contribution in [0.2, 0.25) is 0 Å². The molecule has 0 spiro atoms. The molecule has 0 aliphatic carbocycles. The lowest BCUT2D eigenvalue weighted by Gasteiger charge is -2.08. The predicted octanol–water partition coefficient (Wildman–Crippen LogP) is 3.11. The Morgan fingerprint density at radius 1 is 1.24 bits per heavy atom. The van der Waals surface area contributed by atoms with Crippen LogP contribution in [0.25, 0.3) is 10.9 Å². The Morgan fingerprint density at radius 2 is 2.00 bits per heavy atom. The Morgan fingerprint density at radius 3 is 2.71 bits per heavy atom. The van der Waals surface area contributed by atoms with Crippen LogP contribution in [0.15, 0.2) is 30.3 Å². The number of rotatable bonds is 2. The molecule has 17 heavy (non-hydrogen) atoms. The average Bonchev–Trinajstić information content (AvgIpc) is 2.27. The lowest BCUT2D eigenvalue weighted by molar-refractivity contribution is 0.0378. The van der Waals surface area contributed by atoms with Gasteiger partial charge in [-0.05, 0) is 45.0 Å². The van der Waals surface area contributed by atoms with E-state index in [0.717, 1.165) is 16.6 Å². The number of hydrogen-bond donors (Lipinski definition) is 0. The van der Waals surface area contributed by atoms with Gasteiger partial charge in [0.05, 0.1) is 17.2 Å². The molecule has 3 nitrogen and oxygen atoms in total. The van der Waals surface area contributed by atoms with Crippen LogP contribution in [0, 0.1) is 6.92 Å². The van der Waals surface area contributed by atoms with Crippen molar-refractivity contribution < 1.29 is 9.53 Å². The minimum absolute atomic E-state index is 0.102. The first-order chi connectivity index (χ1) is 8.06. The zero-order valence-corrected chi connectivity index (χ0v) is 10.2. The number of hydrogen-bond acceptors (Lipinski definition) is 3. The second kappa shape index (κ2) is 4.53. The van der Waals surface area contributed by atoms with Crippen molar-refractivity contribution in [1.29, 1.82) is 0 Å². The first kappa shape index (κ1) is 11.6. The minimum atomic E-state index is -0.289. The van der Waals surface area contributed by atoms with Crippen molar-refractivity contribution >= 4 is 16.9 Å². The third kappa shape index (κ3) is 2.61. The van der Waals surface area contributed by atoms with Gasteiger partial charge in [0.25, 0.3) is 0 Å². The van der Waals surface area contributed by atoms with Crippen LogP contribution in [0.4, 0.5) is 0 Å². The summed E-state index contributed by atoms with van der Waals surface area (Å²) >= 11 is 0. The lowest BCUT2D eigenvalue weighted by atomic mass is 10.1. The van der Waals surface area contributed by atoms with Crippen LogP contribution in [-0.2, 0) is 4.74 Å². The first-order valence-electron chi connectivity index (χ1n) is 5.64. The topological polar surface area (TPSA) is 39.2 Å². The van der Waals surface area contributed by atoms with Gasteiger partial charge in [0, 0.05) is 11.1 Å². The number of carbonyl (C=O) groups is 1. The number of aromatic nitrogens is 1. The summed E-state index contributed by atoms with van der Waals surface area (Å²) in [5, 5.41) is 0.953. The Hall–Kier alpha value is -1.90. The van der Waals surface area contributed by atoms with Crippen molar-refractivity contribution in [3.8, 4) is 0 Å². The fourth-order valence-electron chi connectivity index (χ4n) is 1.64. The Labute approximate surface area is 100 Å². The standard InChI is InChI=1S/C14H15NO2/c1-9(2)17-14(16)12-6-7-13-11(8-12)5-4-10(3)15-13/h4-9H,1-3H3. The SMILES string of the molecule is Cc1ccc2cc(C(=O)OC(C)C)ccc2n1. The number of aryl methyl sites for hydroxylation is 1. The molecule has 0 unspecified atom stereocenters. The molecule has 0 atom stereocenters. The Kier molecular flexibility index (Phi) is 3.09. The normalized spacial score (nSPS) is 10.8. The number of carbonyl (C=O) groups excluding carboxylic acids is 1. The summed E-state index contributed by atoms with van der Waals surface area (Å²) in [6, 6.07) is 9.30. The third-order valence-electron chi connectivity index (χ3n) is 2.41. The van der Waals surface area contributed by atoms with E-state index in [1.54, 1.807) is 6.07 Å². The van der Waals surface area contributed by atoms with Gasteiger partial charge in [-0.2, -0.15) is 0 Å². The fraction of sp³-hybridized carbons (Fsp3) is 0.286. The monoisotopic (exact) mass is 229 g/mol. The molecule has 0 radical (unpaired) electrons. The van der Waals surface area contributed by atoms with Crippen molar-refractivity contribution in [3.63, 3.8) is 0 Å². The number of ether oxygens (including phenoxy) is 1. The van der Waals surface area contributed by atoms with Crippen molar-refractivity contribution in [1.82, 2.24) is 4.98 Å². The molecule has 0 aliphatic heterocycles. The van der Waals surface area contributed by atoms with E-state index < -0.39 is 0 Å². The zero-order valence-electron chi connectivity index (χ0n) is 10.2. The smallest absolute Gasteiger partial charge is 0.338 e. The van der Waals surface area contributed by atoms with Crippen LogP contribution in [0.5, 0.6) is 0 Å². The molecule has 0 amide bonds. The minimum Gasteiger partial charge on any atom is -0.459 e. The molecule has 1 aromatic carbocycles. The summed E-state index contributed by atoms with van der Waals surface area (Å²) in [6.07, 6.45) is -0.102. The van der Waals surface area contributed by atoms with Gasteiger partial charge in [0.1, 0.15) is 0 Å². The summed E-state index contributed by atoms with van der Waals surface area (Å²) in [4.78, 5) is 16.1. The lowest BCUT2D eigenvalue weighted by Crippen LogP contribution is -2.11. The van der Waals surface area contributed by atoms with E-state index in [9.17, 15) is 4.79 Å². The molecular formula is C14H15NO2. The summed E-state index contributed by atoms with van der Waals surface area (Å²) in [5.74, 6) is -0.289. The molecule has 88 valence electrons. The molecule has 0 aliphatic rings. The van der Waals surface area contributed by atoms with Crippen molar-refractivity contribution in [3.05, 3.63) is 41.6 Å². The van der Waals surface area contributed by atoms with Gasteiger partial charge in [0.15, 0.2) is 0 Å². The third-order valence-corrected chi connectivity index (χ3v) is 2.41. The van der Waals surface area contributed by atoms with Gasteiger partial charge >= 0.3 is 5.97 Å². The molecule has 2 aromatic rings. The number of fused-ring (bicyclic) bond motifs is 1. The zero-order chi connectivity index (χ0) is 12.4. The molecule has 0 N–H and O–H groups in total. The molecule has 3 heteroatoms. The number of esters is 1. The maximum absolute atomic E-state index is 11.7. The second-order valence-electron chi connectivity index (χ2n) is 4.31. The van der Waals surface area contributed by atoms with Gasteiger partial charge < -0.3 is 4.74 Å². The molecule has 0 saturated carbocycles. The summed E-state index contributed by atoms with van der Waals surface area (Å²) < 4.78 is 5.15. The van der Waals surface area contributed by atoms with Crippen molar-refractivity contribution in [2.75, 3.05) is 0 Å². The molecule has 1 aromatic heterocycles. The highest BCUT2D eigenvalue weighted by molar-refractivity contribution is 5.94. The summed E-state index contributed by atoms with van der Waals surface area (Å²) in [5.41, 5.74) is 2.43. The van der Waals surface area contributed by atoms with Crippen LogP contribution in [-0.4, -0.2) is 17.1 Å². The van der Waals surface area contributed by atoms with Gasteiger partial charge in [-0.3, -0.25) is 4.98 Å². The van der Waals surface area contributed by atoms with Crippen LogP contribution < -0.4 is 0 Å². The maximum atomic E-state index is 11.7. The molecule has 0 bridgehead atoms. The van der Waals surface area contributed by atoms with E-state index in [4.69, 9.17) is 4.74 Å². The quantitative estimate of drug-likeness (QED) is 0.743. The predicted molar refractivity (Wildman–Crippen MR) is 67.0 cm³/mol. The number of benzene rings is 1. The van der Waals surface area contributed by atoms with Crippen molar-refractivity contribution in [2.24, 2.45) is 0 Å². The van der Waals surface area contributed by atoms with E-state index in [0.29, 0.717) is 5.56 Å². The maximum Gasteiger partial charge on any atom is 0.338 e. The average molecular weight is 229 g/mol. The first-order valence-corrected chi connectivity index (χ1v) is 5.64. The molecular weight excluding hydrogens is 214 g/mol. The highest BCUT2D eigenvalue weighted by Crippen LogP contribution is 2.15. The largest absolute Gasteiger partial charge is 0.459 e. The summed E-state index contributed by atoms with van der Waals surface area (Å²) in [6.45, 7) is 5.62.